The molecule has 0 fully saturated rings. The topological polar surface area (TPSA) is 90.0 Å². The van der Waals surface area contributed by atoms with Gasteiger partial charge in [0, 0.05) is 20.1 Å². The Hall–Kier alpha value is -1.89. The molecular weight excluding hydrogens is 220 g/mol. The summed E-state index contributed by atoms with van der Waals surface area (Å²) in [4.78, 5) is 10.6. The molecule has 0 bridgehead atoms. The molecule has 0 aliphatic rings. The second kappa shape index (κ2) is 4.96. The molecule has 2 heterocycles. The van der Waals surface area contributed by atoms with E-state index in [0.717, 1.165) is 17.7 Å². The molecule has 0 saturated carbocycles. The van der Waals surface area contributed by atoms with Gasteiger partial charge >= 0.3 is 0 Å². The predicted molar refractivity (Wildman–Crippen MR) is 66.2 cm³/mol. The zero-order valence-corrected chi connectivity index (χ0v) is 9.93. The first-order valence-electron chi connectivity index (χ1n) is 5.53. The number of likely N-dealkylation sites (N-methyl/N-ethyl adjacent to an activating group) is 1. The molecule has 0 spiro atoms. The van der Waals surface area contributed by atoms with E-state index in [1.165, 1.54) is 0 Å². The largest absolute Gasteiger partial charge is 0.395 e. The van der Waals surface area contributed by atoms with Gasteiger partial charge in [-0.05, 0) is 6.92 Å². The number of anilines is 2. The van der Waals surface area contributed by atoms with Crippen molar-refractivity contribution < 1.29 is 5.11 Å². The third kappa shape index (κ3) is 2.28. The highest BCUT2D eigenvalue weighted by atomic mass is 16.3. The number of aliphatic hydroxyl groups is 1. The summed E-state index contributed by atoms with van der Waals surface area (Å²) in [6, 6.07) is 0. The maximum absolute atomic E-state index is 8.97. The molecule has 0 atom stereocenters. The fraction of sp³-hybridized carbons (Fsp3) is 0.500. The normalized spacial score (nSPS) is 10.8. The number of aromatic amines is 1. The lowest BCUT2D eigenvalue weighted by atomic mass is 10.3. The lowest BCUT2D eigenvalue weighted by Gasteiger charge is -2.18. The van der Waals surface area contributed by atoms with Crippen molar-refractivity contribution in [1.82, 2.24) is 20.2 Å². The van der Waals surface area contributed by atoms with Crippen LogP contribution in [-0.2, 0) is 0 Å². The van der Waals surface area contributed by atoms with Crippen LogP contribution in [0.3, 0.4) is 0 Å². The first-order chi connectivity index (χ1) is 8.26. The summed E-state index contributed by atoms with van der Waals surface area (Å²) in [6.07, 6.45) is 1.69. The van der Waals surface area contributed by atoms with Gasteiger partial charge in [0.15, 0.2) is 5.65 Å². The van der Waals surface area contributed by atoms with Crippen molar-refractivity contribution in [3.05, 3.63) is 6.20 Å². The lowest BCUT2D eigenvalue weighted by Crippen LogP contribution is -2.23. The van der Waals surface area contributed by atoms with Gasteiger partial charge < -0.3 is 15.3 Å². The van der Waals surface area contributed by atoms with Gasteiger partial charge in [-0.25, -0.2) is 0 Å². The van der Waals surface area contributed by atoms with Crippen LogP contribution in [0.1, 0.15) is 6.92 Å². The molecule has 92 valence electrons. The van der Waals surface area contributed by atoms with Crippen LogP contribution >= 0.6 is 0 Å². The first-order valence-corrected chi connectivity index (χ1v) is 5.53. The third-order valence-electron chi connectivity index (χ3n) is 2.42. The molecule has 17 heavy (non-hydrogen) atoms. The molecule has 3 N–H and O–H groups in total. The zero-order chi connectivity index (χ0) is 12.3. The van der Waals surface area contributed by atoms with Crippen LogP contribution in [0.25, 0.3) is 11.0 Å². The number of hydrogen-bond donors (Lipinski definition) is 3. The minimum atomic E-state index is 0.0797. The summed E-state index contributed by atoms with van der Waals surface area (Å²) < 4.78 is 0. The highest BCUT2D eigenvalue weighted by molar-refractivity contribution is 5.87. The standard InChI is InChI=1S/C10H16N6O/c1-3-11-10-13-8-7(6-12-15-8)9(14-10)16(2)4-5-17/h6,17H,3-5H2,1-2H3,(H2,11,12,13,14,15). The monoisotopic (exact) mass is 236 g/mol. The van der Waals surface area contributed by atoms with E-state index in [9.17, 15) is 0 Å². The van der Waals surface area contributed by atoms with Crippen LogP contribution in [-0.4, -0.2) is 52.0 Å². The number of rotatable bonds is 5. The van der Waals surface area contributed by atoms with E-state index in [0.29, 0.717) is 18.1 Å². The first kappa shape index (κ1) is 11.6. The number of H-pyrrole nitrogens is 1. The molecule has 7 heteroatoms. The fourth-order valence-corrected chi connectivity index (χ4v) is 1.60. The fourth-order valence-electron chi connectivity index (χ4n) is 1.60. The van der Waals surface area contributed by atoms with Gasteiger partial charge in [0.25, 0.3) is 0 Å². The molecule has 7 nitrogen and oxygen atoms in total. The number of nitrogens with zero attached hydrogens (tertiary/aromatic N) is 4. The predicted octanol–water partition coefficient (Wildman–Crippen LogP) is 0.213. The Bertz CT molecular complexity index is 497. The molecule has 0 aliphatic carbocycles. The molecule has 0 unspecified atom stereocenters. The summed E-state index contributed by atoms with van der Waals surface area (Å²) in [5, 5.41) is 19.7. The highest BCUT2D eigenvalue weighted by Crippen LogP contribution is 2.22. The average molecular weight is 236 g/mol. The highest BCUT2D eigenvalue weighted by Gasteiger charge is 2.12. The van der Waals surface area contributed by atoms with Crippen molar-refractivity contribution in [3.8, 4) is 0 Å². The van der Waals surface area contributed by atoms with Crippen LogP contribution in [0.4, 0.5) is 11.8 Å². The van der Waals surface area contributed by atoms with Gasteiger partial charge in [-0.15, -0.1) is 0 Å². The van der Waals surface area contributed by atoms with Gasteiger partial charge in [0.05, 0.1) is 18.2 Å². The van der Waals surface area contributed by atoms with Crippen LogP contribution in [0, 0.1) is 0 Å². The molecule has 0 radical (unpaired) electrons. The van der Waals surface area contributed by atoms with Crippen molar-refractivity contribution >= 4 is 22.8 Å². The Kier molecular flexibility index (Phi) is 3.38. The van der Waals surface area contributed by atoms with Crippen LogP contribution in [0.15, 0.2) is 6.20 Å². The van der Waals surface area contributed by atoms with E-state index in [2.05, 4.69) is 25.5 Å². The van der Waals surface area contributed by atoms with Crippen molar-refractivity contribution in [1.29, 1.82) is 0 Å². The second-order valence-corrected chi connectivity index (χ2v) is 3.68. The number of aliphatic hydroxyl groups excluding tert-OH is 1. The van der Waals surface area contributed by atoms with E-state index in [1.807, 2.05) is 18.9 Å². The summed E-state index contributed by atoms with van der Waals surface area (Å²) in [5.41, 5.74) is 0.690. The molecule has 0 aliphatic heterocycles. The SMILES string of the molecule is CCNc1nc(N(C)CCO)c2cn[nH]c2n1. The van der Waals surface area contributed by atoms with Gasteiger partial charge in [0.2, 0.25) is 5.95 Å². The van der Waals surface area contributed by atoms with E-state index in [1.54, 1.807) is 6.20 Å². The molecule has 0 aromatic carbocycles. The average Bonchev–Trinajstić information content (AvgIpc) is 2.76. The van der Waals surface area contributed by atoms with Crippen molar-refractivity contribution in [2.45, 2.75) is 6.92 Å². The molecule has 2 aromatic heterocycles. The zero-order valence-electron chi connectivity index (χ0n) is 9.93. The molecular formula is C10H16N6O. The minimum Gasteiger partial charge on any atom is -0.395 e. The third-order valence-corrected chi connectivity index (χ3v) is 2.42. The van der Waals surface area contributed by atoms with Gasteiger partial charge in [-0.2, -0.15) is 15.1 Å². The Balaban J connectivity index is 2.46. The maximum atomic E-state index is 8.97. The summed E-state index contributed by atoms with van der Waals surface area (Å²) >= 11 is 0. The van der Waals surface area contributed by atoms with Crippen molar-refractivity contribution in [2.24, 2.45) is 0 Å². The minimum absolute atomic E-state index is 0.0797. The van der Waals surface area contributed by atoms with Crippen molar-refractivity contribution in [2.75, 3.05) is 37.0 Å². The summed E-state index contributed by atoms with van der Waals surface area (Å²) in [7, 11) is 1.88. The quantitative estimate of drug-likeness (QED) is 0.687. The Morgan fingerprint density at radius 2 is 2.29 bits per heavy atom. The van der Waals surface area contributed by atoms with E-state index in [4.69, 9.17) is 5.11 Å². The number of fused-ring (bicyclic) bond motifs is 1. The maximum Gasteiger partial charge on any atom is 0.226 e. The Labute approximate surface area is 98.9 Å². The lowest BCUT2D eigenvalue weighted by molar-refractivity contribution is 0.304. The van der Waals surface area contributed by atoms with Gasteiger partial charge in [0.1, 0.15) is 5.82 Å². The Morgan fingerprint density at radius 3 is 3.00 bits per heavy atom. The summed E-state index contributed by atoms with van der Waals surface area (Å²) in [5.74, 6) is 1.32. The molecule has 2 rings (SSSR count). The van der Waals surface area contributed by atoms with Crippen LogP contribution in [0.2, 0.25) is 0 Å². The smallest absolute Gasteiger partial charge is 0.226 e. The van der Waals surface area contributed by atoms with Crippen LogP contribution in [0.5, 0.6) is 0 Å². The number of nitrogens with one attached hydrogen (secondary N) is 2. The number of hydrogen-bond acceptors (Lipinski definition) is 6. The molecule has 0 amide bonds. The molecule has 2 aromatic rings. The van der Waals surface area contributed by atoms with Crippen molar-refractivity contribution in [3.63, 3.8) is 0 Å². The van der Waals surface area contributed by atoms with E-state index < -0.39 is 0 Å². The van der Waals surface area contributed by atoms with E-state index in [-0.39, 0.29) is 6.61 Å². The Morgan fingerprint density at radius 1 is 1.47 bits per heavy atom. The molecule has 0 saturated heterocycles. The van der Waals surface area contributed by atoms with Gasteiger partial charge in [-0.1, -0.05) is 0 Å². The summed E-state index contributed by atoms with van der Waals surface area (Å²) in [6.45, 7) is 3.33. The van der Waals surface area contributed by atoms with Gasteiger partial charge in [-0.3, -0.25) is 5.10 Å². The second-order valence-electron chi connectivity index (χ2n) is 3.68. The van der Waals surface area contributed by atoms with E-state index >= 15 is 0 Å². The number of aromatic nitrogens is 4. The van der Waals surface area contributed by atoms with Crippen LogP contribution < -0.4 is 10.2 Å².